The monoisotopic (exact) mass is 316 g/mol. The molecule has 0 aliphatic heterocycles. The molecule has 3 N–H and O–H groups in total. The molecule has 0 radical (unpaired) electrons. The third-order valence-corrected chi connectivity index (χ3v) is 3.41. The molecule has 0 saturated heterocycles. The van der Waals surface area contributed by atoms with Crippen molar-refractivity contribution in [1.82, 2.24) is 10.3 Å². The largest absolute Gasteiger partial charge is 0.478 e. The molecule has 0 amide bonds. The molecule has 6 heteroatoms. The quantitative estimate of drug-likeness (QED) is 0.683. The van der Waals surface area contributed by atoms with E-state index in [1.54, 1.807) is 37.3 Å². The van der Waals surface area contributed by atoms with E-state index in [2.05, 4.69) is 10.3 Å². The number of aromatic nitrogens is 1. The summed E-state index contributed by atoms with van der Waals surface area (Å²) in [6.45, 7) is 5.13. The van der Waals surface area contributed by atoms with E-state index in [4.69, 9.17) is 9.84 Å². The van der Waals surface area contributed by atoms with Crippen molar-refractivity contribution >= 4 is 11.9 Å². The predicted octanol–water partition coefficient (Wildman–Crippen LogP) is 2.49. The first-order chi connectivity index (χ1) is 11.0. The molecule has 122 valence electrons. The third-order valence-electron chi connectivity index (χ3n) is 3.41. The molecule has 6 nitrogen and oxygen atoms in total. The Bertz CT molecular complexity index is 689. The Morgan fingerprint density at radius 2 is 1.91 bits per heavy atom. The molecule has 1 heterocycles. The van der Waals surface area contributed by atoms with Gasteiger partial charge in [0, 0.05) is 24.5 Å². The second kappa shape index (κ2) is 7.60. The van der Waals surface area contributed by atoms with E-state index in [1.165, 1.54) is 0 Å². The van der Waals surface area contributed by atoms with Gasteiger partial charge in [-0.2, -0.15) is 0 Å². The SMILES string of the molecule is CCOC(=O)c1cc(CNCc2ccc(C(=O)O)cc2)[nH]c1C. The number of H-pyrrole nitrogens is 1. The molecule has 0 unspecified atom stereocenters. The van der Waals surface area contributed by atoms with Crippen molar-refractivity contribution in [2.45, 2.75) is 26.9 Å². The van der Waals surface area contributed by atoms with Crippen molar-refractivity contribution in [2.24, 2.45) is 0 Å². The van der Waals surface area contributed by atoms with Crippen LogP contribution >= 0.6 is 0 Å². The smallest absolute Gasteiger partial charge is 0.339 e. The van der Waals surface area contributed by atoms with Crippen molar-refractivity contribution in [3.05, 3.63) is 58.4 Å². The number of nitrogens with one attached hydrogen (secondary N) is 2. The summed E-state index contributed by atoms with van der Waals surface area (Å²) in [6.07, 6.45) is 0. The van der Waals surface area contributed by atoms with Gasteiger partial charge in [0.1, 0.15) is 0 Å². The average Bonchev–Trinajstić information content (AvgIpc) is 2.89. The molecule has 2 aromatic rings. The molecule has 1 aromatic heterocycles. The molecular formula is C17H20N2O4. The van der Waals surface area contributed by atoms with Gasteiger partial charge in [-0.25, -0.2) is 9.59 Å². The lowest BCUT2D eigenvalue weighted by molar-refractivity contribution is 0.0525. The number of hydrogen-bond donors (Lipinski definition) is 3. The van der Waals surface area contributed by atoms with Crippen LogP contribution in [0.25, 0.3) is 0 Å². The van der Waals surface area contributed by atoms with Gasteiger partial charge in [0.15, 0.2) is 0 Å². The topological polar surface area (TPSA) is 91.4 Å². The number of carbonyl (C=O) groups excluding carboxylic acids is 1. The fourth-order valence-corrected chi connectivity index (χ4v) is 2.25. The van der Waals surface area contributed by atoms with Crippen molar-refractivity contribution in [1.29, 1.82) is 0 Å². The van der Waals surface area contributed by atoms with Gasteiger partial charge in [0.2, 0.25) is 0 Å². The van der Waals surface area contributed by atoms with Crippen LogP contribution in [0.3, 0.4) is 0 Å². The molecule has 0 aliphatic carbocycles. The Balaban J connectivity index is 1.90. The number of benzene rings is 1. The lowest BCUT2D eigenvalue weighted by atomic mass is 10.1. The van der Waals surface area contributed by atoms with E-state index in [1.807, 2.05) is 6.92 Å². The number of aryl methyl sites for hydroxylation is 1. The number of hydrogen-bond acceptors (Lipinski definition) is 4. The number of aromatic amines is 1. The van der Waals surface area contributed by atoms with E-state index in [0.29, 0.717) is 25.3 Å². The summed E-state index contributed by atoms with van der Waals surface area (Å²) in [4.78, 5) is 25.7. The van der Waals surface area contributed by atoms with Gasteiger partial charge in [0.25, 0.3) is 0 Å². The Morgan fingerprint density at radius 3 is 2.52 bits per heavy atom. The zero-order chi connectivity index (χ0) is 16.8. The summed E-state index contributed by atoms with van der Waals surface area (Å²) < 4.78 is 5.00. The minimum atomic E-state index is -0.933. The summed E-state index contributed by atoms with van der Waals surface area (Å²) in [6, 6.07) is 8.50. The van der Waals surface area contributed by atoms with Crippen molar-refractivity contribution in [2.75, 3.05) is 6.61 Å². The van der Waals surface area contributed by atoms with Crippen LogP contribution in [0.5, 0.6) is 0 Å². The second-order valence-corrected chi connectivity index (χ2v) is 5.16. The van der Waals surface area contributed by atoms with Gasteiger partial charge >= 0.3 is 11.9 Å². The number of carboxylic acid groups (broad SMARTS) is 1. The van der Waals surface area contributed by atoms with Crippen LogP contribution in [0.2, 0.25) is 0 Å². The van der Waals surface area contributed by atoms with E-state index < -0.39 is 5.97 Å². The van der Waals surface area contributed by atoms with Gasteiger partial charge in [0.05, 0.1) is 17.7 Å². The fraction of sp³-hybridized carbons (Fsp3) is 0.294. The van der Waals surface area contributed by atoms with Crippen molar-refractivity contribution < 1.29 is 19.4 Å². The number of ether oxygens (including phenoxy) is 1. The summed E-state index contributed by atoms with van der Waals surface area (Å²) in [5, 5.41) is 12.1. The normalized spacial score (nSPS) is 10.5. The molecule has 0 aliphatic rings. The summed E-state index contributed by atoms with van der Waals surface area (Å²) in [7, 11) is 0. The highest BCUT2D eigenvalue weighted by Gasteiger charge is 2.13. The molecular weight excluding hydrogens is 296 g/mol. The van der Waals surface area contributed by atoms with Crippen LogP contribution in [0, 0.1) is 6.92 Å². The van der Waals surface area contributed by atoms with Crippen LogP contribution in [0.15, 0.2) is 30.3 Å². The maximum Gasteiger partial charge on any atom is 0.339 e. The first kappa shape index (κ1) is 16.8. The van der Waals surface area contributed by atoms with Crippen LogP contribution in [0.4, 0.5) is 0 Å². The minimum absolute atomic E-state index is 0.271. The van der Waals surface area contributed by atoms with Gasteiger partial charge in [-0.3, -0.25) is 0 Å². The molecule has 0 spiro atoms. The molecule has 0 bridgehead atoms. The number of rotatable bonds is 7. The fourth-order valence-electron chi connectivity index (χ4n) is 2.25. The summed E-state index contributed by atoms with van der Waals surface area (Å²) in [5.74, 6) is -1.25. The standard InChI is InChI=1S/C17H20N2O4/c1-3-23-17(22)15-8-14(19-11(15)2)10-18-9-12-4-6-13(7-5-12)16(20)21/h4-8,18-19H,3,9-10H2,1-2H3,(H,20,21). The maximum absolute atomic E-state index is 11.8. The highest BCUT2D eigenvalue weighted by molar-refractivity contribution is 5.91. The Kier molecular flexibility index (Phi) is 5.54. The average molecular weight is 316 g/mol. The predicted molar refractivity (Wildman–Crippen MR) is 85.4 cm³/mol. The first-order valence-corrected chi connectivity index (χ1v) is 7.39. The molecule has 23 heavy (non-hydrogen) atoms. The summed E-state index contributed by atoms with van der Waals surface area (Å²) in [5.41, 5.74) is 3.49. The van der Waals surface area contributed by atoms with Crippen LogP contribution in [-0.2, 0) is 17.8 Å². The van der Waals surface area contributed by atoms with Gasteiger partial charge < -0.3 is 20.1 Å². The Hall–Kier alpha value is -2.60. The van der Waals surface area contributed by atoms with Gasteiger partial charge in [-0.1, -0.05) is 12.1 Å². The molecule has 0 fully saturated rings. The number of esters is 1. The van der Waals surface area contributed by atoms with E-state index >= 15 is 0 Å². The van der Waals surface area contributed by atoms with Crippen molar-refractivity contribution in [3.8, 4) is 0 Å². The molecule has 0 saturated carbocycles. The number of carbonyl (C=O) groups is 2. The zero-order valence-corrected chi connectivity index (χ0v) is 13.2. The van der Waals surface area contributed by atoms with Crippen molar-refractivity contribution in [3.63, 3.8) is 0 Å². The van der Waals surface area contributed by atoms with E-state index in [-0.39, 0.29) is 11.5 Å². The van der Waals surface area contributed by atoms with E-state index in [0.717, 1.165) is 17.0 Å². The van der Waals surface area contributed by atoms with Gasteiger partial charge in [-0.15, -0.1) is 0 Å². The summed E-state index contributed by atoms with van der Waals surface area (Å²) >= 11 is 0. The third kappa shape index (κ3) is 4.43. The molecule has 0 atom stereocenters. The maximum atomic E-state index is 11.8. The molecule has 1 aromatic carbocycles. The van der Waals surface area contributed by atoms with Crippen LogP contribution in [-0.4, -0.2) is 28.6 Å². The van der Waals surface area contributed by atoms with Crippen LogP contribution < -0.4 is 5.32 Å². The number of aromatic carboxylic acids is 1. The second-order valence-electron chi connectivity index (χ2n) is 5.16. The lowest BCUT2D eigenvalue weighted by Gasteiger charge is -2.04. The number of carboxylic acids is 1. The Labute approximate surface area is 134 Å². The van der Waals surface area contributed by atoms with E-state index in [9.17, 15) is 9.59 Å². The van der Waals surface area contributed by atoms with Crippen LogP contribution in [0.1, 0.15) is 44.6 Å². The zero-order valence-electron chi connectivity index (χ0n) is 13.2. The highest BCUT2D eigenvalue weighted by Crippen LogP contribution is 2.12. The lowest BCUT2D eigenvalue weighted by Crippen LogP contribution is -2.13. The van der Waals surface area contributed by atoms with Gasteiger partial charge in [-0.05, 0) is 37.6 Å². The Morgan fingerprint density at radius 1 is 1.22 bits per heavy atom. The molecule has 2 rings (SSSR count). The first-order valence-electron chi connectivity index (χ1n) is 7.39. The highest BCUT2D eigenvalue weighted by atomic mass is 16.5. The minimum Gasteiger partial charge on any atom is -0.478 e.